The summed E-state index contributed by atoms with van der Waals surface area (Å²) >= 11 is 0. The van der Waals surface area contributed by atoms with E-state index in [9.17, 15) is 9.18 Å². The first-order valence-corrected chi connectivity index (χ1v) is 7.18. The first-order valence-electron chi connectivity index (χ1n) is 7.18. The predicted molar refractivity (Wildman–Crippen MR) is 83.5 cm³/mol. The molecule has 1 aliphatic carbocycles. The molecule has 2 aromatic carbocycles. The molecule has 3 rings (SSSR count). The molecule has 4 heteroatoms. The summed E-state index contributed by atoms with van der Waals surface area (Å²) in [4.78, 5) is 16.3. The largest absolute Gasteiger partial charge is 0.497 e. The Bertz CT molecular complexity index is 725. The second-order valence-electron chi connectivity index (χ2n) is 5.20. The second kappa shape index (κ2) is 6.10. The monoisotopic (exact) mass is 297 g/mol. The van der Waals surface area contributed by atoms with Crippen LogP contribution >= 0.6 is 0 Å². The van der Waals surface area contributed by atoms with Gasteiger partial charge in [-0.25, -0.2) is 9.38 Å². The van der Waals surface area contributed by atoms with E-state index >= 15 is 0 Å². The molecule has 0 fully saturated rings. The van der Waals surface area contributed by atoms with Crippen LogP contribution in [0.15, 0.2) is 53.5 Å². The summed E-state index contributed by atoms with van der Waals surface area (Å²) in [5, 5.41) is 0. The molecule has 0 saturated carbocycles. The van der Waals surface area contributed by atoms with E-state index in [4.69, 9.17) is 4.74 Å². The van der Waals surface area contributed by atoms with Gasteiger partial charge < -0.3 is 4.74 Å². The van der Waals surface area contributed by atoms with Crippen LogP contribution in [0.4, 0.5) is 4.39 Å². The quantitative estimate of drug-likeness (QED) is 0.849. The maximum atomic E-state index is 14.3. The molecule has 1 unspecified atom stereocenters. The van der Waals surface area contributed by atoms with Gasteiger partial charge in [-0.3, -0.25) is 4.79 Å². The maximum absolute atomic E-state index is 14.3. The molecule has 112 valence electrons. The highest BCUT2D eigenvalue weighted by Crippen LogP contribution is 2.28. The van der Waals surface area contributed by atoms with Crippen LogP contribution in [0, 0.1) is 0 Å². The van der Waals surface area contributed by atoms with Crippen molar-refractivity contribution in [1.29, 1.82) is 0 Å². The molecule has 1 aliphatic rings. The van der Waals surface area contributed by atoms with Crippen molar-refractivity contribution in [2.24, 2.45) is 4.99 Å². The van der Waals surface area contributed by atoms with E-state index in [1.807, 2.05) is 12.1 Å². The third-order valence-electron chi connectivity index (χ3n) is 3.79. The average Bonchev–Trinajstić information content (AvgIpc) is 2.57. The minimum absolute atomic E-state index is 0.220. The Kier molecular flexibility index (Phi) is 4.00. The number of rotatable bonds is 2. The number of hydrogen-bond acceptors (Lipinski definition) is 2. The predicted octanol–water partition coefficient (Wildman–Crippen LogP) is 3.61. The first-order chi connectivity index (χ1) is 10.7. The average molecular weight is 297 g/mol. The van der Waals surface area contributed by atoms with Gasteiger partial charge in [-0.1, -0.05) is 18.2 Å². The van der Waals surface area contributed by atoms with E-state index in [2.05, 4.69) is 4.99 Å². The van der Waals surface area contributed by atoms with Crippen molar-refractivity contribution in [2.45, 2.75) is 19.0 Å². The number of carbonyl (C=O) groups excluding carboxylic acids is 1. The minimum atomic E-state index is -1.21. The molecule has 0 radical (unpaired) electrons. The molecule has 3 nitrogen and oxygen atoms in total. The fourth-order valence-electron chi connectivity index (χ4n) is 2.63. The van der Waals surface area contributed by atoms with E-state index < -0.39 is 12.1 Å². The summed E-state index contributed by atoms with van der Waals surface area (Å²) in [6.07, 6.45) is -0.263. The van der Waals surface area contributed by atoms with Gasteiger partial charge >= 0.3 is 0 Å². The SMILES string of the molecule is COc1ccc2c(c1)CCC(F)/C2=N\C(=O)c1ccccc1. The van der Waals surface area contributed by atoms with Crippen LogP contribution in [0.3, 0.4) is 0 Å². The van der Waals surface area contributed by atoms with Gasteiger partial charge in [0.15, 0.2) is 0 Å². The number of aryl methyl sites for hydroxylation is 1. The number of aliphatic imine (C=N–C) groups is 1. The van der Waals surface area contributed by atoms with Gasteiger partial charge in [-0.05, 0) is 48.7 Å². The lowest BCUT2D eigenvalue weighted by molar-refractivity contribution is 0.100. The van der Waals surface area contributed by atoms with Gasteiger partial charge in [-0.15, -0.1) is 0 Å². The molecule has 0 aromatic heterocycles. The van der Waals surface area contributed by atoms with Gasteiger partial charge in [-0.2, -0.15) is 0 Å². The van der Waals surface area contributed by atoms with Crippen molar-refractivity contribution in [3.63, 3.8) is 0 Å². The number of carbonyl (C=O) groups is 1. The highest BCUT2D eigenvalue weighted by molar-refractivity contribution is 6.13. The van der Waals surface area contributed by atoms with E-state index in [-0.39, 0.29) is 5.71 Å². The standard InChI is InChI=1S/C18H16FNO2/c1-22-14-8-9-15-13(11-14)7-10-16(19)17(15)20-18(21)12-5-3-2-4-6-12/h2-6,8-9,11,16H,7,10H2,1H3/b20-17-. The smallest absolute Gasteiger partial charge is 0.277 e. The van der Waals surface area contributed by atoms with Gasteiger partial charge in [0, 0.05) is 11.1 Å². The second-order valence-corrected chi connectivity index (χ2v) is 5.20. The molecule has 0 aliphatic heterocycles. The van der Waals surface area contributed by atoms with Crippen molar-refractivity contribution < 1.29 is 13.9 Å². The zero-order valence-corrected chi connectivity index (χ0v) is 12.3. The highest BCUT2D eigenvalue weighted by atomic mass is 19.1. The minimum Gasteiger partial charge on any atom is -0.497 e. The van der Waals surface area contributed by atoms with Crippen molar-refractivity contribution >= 4 is 11.6 Å². The highest BCUT2D eigenvalue weighted by Gasteiger charge is 2.26. The summed E-state index contributed by atoms with van der Waals surface area (Å²) in [7, 11) is 1.59. The zero-order valence-electron chi connectivity index (χ0n) is 12.3. The number of hydrogen-bond donors (Lipinski definition) is 0. The van der Waals surface area contributed by atoms with Gasteiger partial charge in [0.25, 0.3) is 5.91 Å². The number of benzene rings is 2. The summed E-state index contributed by atoms with van der Waals surface area (Å²) in [5.74, 6) is 0.312. The Labute approximate surface area is 128 Å². The molecule has 0 bridgehead atoms. The number of methoxy groups -OCH3 is 1. The van der Waals surface area contributed by atoms with Crippen molar-refractivity contribution in [1.82, 2.24) is 0 Å². The summed E-state index contributed by atoms with van der Waals surface area (Å²) in [5.41, 5.74) is 2.34. The van der Waals surface area contributed by atoms with Crippen molar-refractivity contribution in [3.8, 4) is 5.75 Å². The molecule has 0 spiro atoms. The van der Waals surface area contributed by atoms with Crippen LogP contribution in [0.1, 0.15) is 27.9 Å². The third kappa shape index (κ3) is 2.77. The lowest BCUT2D eigenvalue weighted by atomic mass is 9.88. The number of halogens is 1. The van der Waals surface area contributed by atoms with Crippen molar-refractivity contribution in [2.75, 3.05) is 7.11 Å². The molecule has 0 saturated heterocycles. The van der Waals surface area contributed by atoms with Crippen LogP contribution in [-0.4, -0.2) is 24.9 Å². The van der Waals surface area contributed by atoms with Crippen LogP contribution in [0.25, 0.3) is 0 Å². The van der Waals surface area contributed by atoms with E-state index in [0.29, 0.717) is 24.0 Å². The van der Waals surface area contributed by atoms with Crippen LogP contribution in [0.5, 0.6) is 5.75 Å². The van der Waals surface area contributed by atoms with E-state index in [1.54, 1.807) is 43.5 Å². The molecule has 1 atom stereocenters. The molecular formula is C18H16FNO2. The molecule has 1 amide bonds. The van der Waals surface area contributed by atoms with Crippen LogP contribution in [-0.2, 0) is 6.42 Å². The van der Waals surface area contributed by atoms with E-state index in [0.717, 1.165) is 11.3 Å². The molecular weight excluding hydrogens is 281 g/mol. The molecule has 0 N–H and O–H groups in total. The third-order valence-corrected chi connectivity index (χ3v) is 3.79. The topological polar surface area (TPSA) is 38.7 Å². The Morgan fingerprint density at radius 2 is 2.00 bits per heavy atom. The summed E-state index contributed by atoms with van der Waals surface area (Å²) in [6.45, 7) is 0. The van der Waals surface area contributed by atoms with Crippen LogP contribution in [0.2, 0.25) is 0 Å². The fourth-order valence-corrected chi connectivity index (χ4v) is 2.63. The number of fused-ring (bicyclic) bond motifs is 1. The van der Waals surface area contributed by atoms with Gasteiger partial charge in [0.05, 0.1) is 12.8 Å². The number of amides is 1. The Morgan fingerprint density at radius 3 is 2.73 bits per heavy atom. The maximum Gasteiger partial charge on any atom is 0.277 e. The lowest BCUT2D eigenvalue weighted by Crippen LogP contribution is -2.26. The number of alkyl halides is 1. The Hall–Kier alpha value is -2.49. The van der Waals surface area contributed by atoms with Gasteiger partial charge in [0.1, 0.15) is 11.9 Å². The van der Waals surface area contributed by atoms with Gasteiger partial charge in [0.2, 0.25) is 0 Å². The fraction of sp³-hybridized carbons (Fsp3) is 0.222. The molecule has 22 heavy (non-hydrogen) atoms. The summed E-state index contributed by atoms with van der Waals surface area (Å²) in [6, 6.07) is 14.1. The number of nitrogens with zero attached hydrogens (tertiary/aromatic N) is 1. The Balaban J connectivity index is 2.00. The molecule has 0 heterocycles. The Morgan fingerprint density at radius 1 is 1.23 bits per heavy atom. The zero-order chi connectivity index (χ0) is 15.5. The lowest BCUT2D eigenvalue weighted by Gasteiger charge is -2.21. The van der Waals surface area contributed by atoms with Crippen molar-refractivity contribution in [3.05, 3.63) is 65.2 Å². The number of ether oxygens (including phenoxy) is 1. The van der Waals surface area contributed by atoms with E-state index in [1.165, 1.54) is 0 Å². The first kappa shape index (κ1) is 14.4. The van der Waals surface area contributed by atoms with Crippen LogP contribution < -0.4 is 4.74 Å². The normalized spacial score (nSPS) is 18.8. The molecule has 2 aromatic rings. The summed E-state index contributed by atoms with van der Waals surface area (Å²) < 4.78 is 19.5.